The van der Waals surface area contributed by atoms with Crippen molar-refractivity contribution < 1.29 is 42.3 Å². The van der Waals surface area contributed by atoms with Crippen LogP contribution >= 0.6 is 7.82 Å². The lowest BCUT2D eigenvalue weighted by molar-refractivity contribution is -0.161. The van der Waals surface area contributed by atoms with Gasteiger partial charge in [-0.2, -0.15) is 0 Å². The molecule has 1 heterocycles. The van der Waals surface area contributed by atoms with Crippen LogP contribution in [0.25, 0.3) is 0 Å². The van der Waals surface area contributed by atoms with Gasteiger partial charge in [0.15, 0.2) is 6.10 Å². The Kier molecular flexibility index (Phi) is 35.2. The standard InChI is InChI=1S/C47H78NO9P/c1-3-5-7-9-11-12-13-14-15-16-17-18-19-20-21-22-25-29-33-37-46(49)53-41-43(42-55-58(51,52)54-40-39-48)56-47(50)38-34-30-26-23-24-28-32-36-45-44(57-45)35-31-27-10-8-6-4-2/h11-12,14-15,17-18,20-21,23,26-28,31-32,43-45H,3-10,13,16,19,22,24-25,29-30,33-42,48H2,1-2H3,(H,51,52)/b12-11-,15-14-,18-17-,21-20-,26-23-,31-27-,32-28-/t43-,44?,45?/m1/s1. The largest absolute Gasteiger partial charge is 0.472 e. The Bertz CT molecular complexity index is 1290. The van der Waals surface area contributed by atoms with Crippen molar-refractivity contribution in [1.29, 1.82) is 0 Å². The monoisotopic (exact) mass is 832 g/mol. The summed E-state index contributed by atoms with van der Waals surface area (Å²) in [4.78, 5) is 34.9. The number of esters is 2. The fourth-order valence-corrected chi connectivity index (χ4v) is 6.47. The summed E-state index contributed by atoms with van der Waals surface area (Å²) in [5, 5.41) is 0. The van der Waals surface area contributed by atoms with Crippen molar-refractivity contribution in [2.45, 2.75) is 173 Å². The second-order valence-corrected chi connectivity index (χ2v) is 16.0. The molecule has 3 N–H and O–H groups in total. The Balaban J connectivity index is 2.25. The van der Waals surface area contributed by atoms with Crippen LogP contribution in [-0.4, -0.2) is 61.5 Å². The maximum atomic E-state index is 12.6. The van der Waals surface area contributed by atoms with Crippen LogP contribution in [0, 0.1) is 0 Å². The van der Waals surface area contributed by atoms with Crippen molar-refractivity contribution in [3.8, 4) is 0 Å². The first-order valence-corrected chi connectivity index (χ1v) is 23.7. The van der Waals surface area contributed by atoms with Crippen LogP contribution in [0.3, 0.4) is 0 Å². The molecule has 0 aliphatic carbocycles. The van der Waals surface area contributed by atoms with E-state index in [-0.39, 0.29) is 32.6 Å². The second kappa shape index (κ2) is 38.4. The third kappa shape index (κ3) is 35.1. The molecule has 1 aliphatic rings. The van der Waals surface area contributed by atoms with E-state index in [2.05, 4.69) is 92.8 Å². The summed E-state index contributed by atoms with van der Waals surface area (Å²) in [6, 6.07) is 0. The smallest absolute Gasteiger partial charge is 0.462 e. The van der Waals surface area contributed by atoms with Crippen molar-refractivity contribution in [3.63, 3.8) is 0 Å². The molecular formula is C47H78NO9P. The number of nitrogens with two attached hydrogens (primary N) is 1. The number of hydrogen-bond donors (Lipinski definition) is 2. The van der Waals surface area contributed by atoms with Crippen LogP contribution in [0.15, 0.2) is 85.1 Å². The molecule has 1 fully saturated rings. The van der Waals surface area contributed by atoms with Gasteiger partial charge in [0.2, 0.25) is 0 Å². The van der Waals surface area contributed by atoms with Gasteiger partial charge < -0.3 is 24.8 Å². The first kappa shape index (κ1) is 53.2. The van der Waals surface area contributed by atoms with Gasteiger partial charge in [0.05, 0.1) is 25.4 Å². The lowest BCUT2D eigenvalue weighted by Gasteiger charge is -2.19. The molecule has 0 aromatic heterocycles. The topological polar surface area (TPSA) is 147 Å². The zero-order valence-electron chi connectivity index (χ0n) is 35.9. The highest BCUT2D eigenvalue weighted by Gasteiger charge is 2.36. The first-order valence-electron chi connectivity index (χ1n) is 22.2. The van der Waals surface area contributed by atoms with Crippen LogP contribution in [0.1, 0.15) is 155 Å². The fourth-order valence-electron chi connectivity index (χ4n) is 5.71. The number of carbonyl (C=O) groups excluding carboxylic acids is 2. The van der Waals surface area contributed by atoms with Crippen LogP contribution in [0.2, 0.25) is 0 Å². The normalized spacial score (nSPS) is 17.6. The van der Waals surface area contributed by atoms with Gasteiger partial charge in [-0.05, 0) is 96.3 Å². The van der Waals surface area contributed by atoms with Gasteiger partial charge >= 0.3 is 19.8 Å². The van der Waals surface area contributed by atoms with Crippen LogP contribution in [0.4, 0.5) is 0 Å². The van der Waals surface area contributed by atoms with E-state index in [1.807, 2.05) is 6.08 Å². The van der Waals surface area contributed by atoms with E-state index in [9.17, 15) is 19.0 Å². The minimum absolute atomic E-state index is 0.0332. The lowest BCUT2D eigenvalue weighted by Crippen LogP contribution is -2.29. The maximum Gasteiger partial charge on any atom is 0.472 e. The van der Waals surface area contributed by atoms with E-state index in [0.717, 1.165) is 64.2 Å². The van der Waals surface area contributed by atoms with Crippen LogP contribution in [-0.2, 0) is 37.4 Å². The molecule has 0 radical (unpaired) electrons. The van der Waals surface area contributed by atoms with Crippen molar-refractivity contribution in [2.24, 2.45) is 5.73 Å². The molecular weight excluding hydrogens is 753 g/mol. The highest BCUT2D eigenvalue weighted by atomic mass is 31.2. The highest BCUT2D eigenvalue weighted by Crippen LogP contribution is 2.43. The Morgan fingerprint density at radius 2 is 1.07 bits per heavy atom. The molecule has 4 atom stereocenters. The van der Waals surface area contributed by atoms with E-state index >= 15 is 0 Å². The molecule has 58 heavy (non-hydrogen) atoms. The zero-order chi connectivity index (χ0) is 42.2. The van der Waals surface area contributed by atoms with Gasteiger partial charge in [-0.3, -0.25) is 18.6 Å². The van der Waals surface area contributed by atoms with Crippen molar-refractivity contribution in [2.75, 3.05) is 26.4 Å². The molecule has 10 nitrogen and oxygen atoms in total. The zero-order valence-corrected chi connectivity index (χ0v) is 36.8. The first-order chi connectivity index (χ1) is 28.3. The van der Waals surface area contributed by atoms with E-state index in [0.29, 0.717) is 31.5 Å². The number of unbranched alkanes of at least 4 members (excludes halogenated alkanes) is 10. The number of carbonyl (C=O) groups is 2. The predicted molar refractivity (Wildman–Crippen MR) is 237 cm³/mol. The number of allylic oxidation sites excluding steroid dienone is 12. The molecule has 0 saturated carbocycles. The van der Waals surface area contributed by atoms with Gasteiger partial charge in [-0.15, -0.1) is 0 Å². The van der Waals surface area contributed by atoms with Gasteiger partial charge in [-0.25, -0.2) is 4.57 Å². The Hall–Kier alpha value is -2.85. The summed E-state index contributed by atoms with van der Waals surface area (Å²) in [5.41, 5.74) is 5.34. The Morgan fingerprint density at radius 1 is 0.603 bits per heavy atom. The van der Waals surface area contributed by atoms with E-state index in [4.69, 9.17) is 29.0 Å². The minimum Gasteiger partial charge on any atom is -0.462 e. The average molecular weight is 832 g/mol. The quantitative estimate of drug-likeness (QED) is 0.0202. The summed E-state index contributed by atoms with van der Waals surface area (Å²) < 4.78 is 38.5. The number of rotatable bonds is 39. The van der Waals surface area contributed by atoms with E-state index < -0.39 is 32.5 Å². The van der Waals surface area contributed by atoms with Gasteiger partial charge in [0.1, 0.15) is 6.61 Å². The number of phosphoric ester groups is 1. The minimum atomic E-state index is -4.41. The SMILES string of the molecule is CCCCC/C=C\C/C=C\C/C=C\C/C=C\CCCCCC(=O)OC[C@H](COP(=O)(O)OCCN)OC(=O)CCC/C=C\C/C=C\CC1OC1C/C=C\CCCCC. The summed E-state index contributed by atoms with van der Waals surface area (Å²) in [6.07, 6.45) is 50.7. The maximum absolute atomic E-state index is 12.6. The summed E-state index contributed by atoms with van der Waals surface area (Å²) in [7, 11) is -4.41. The van der Waals surface area contributed by atoms with E-state index in [1.54, 1.807) is 0 Å². The number of phosphoric acid groups is 1. The summed E-state index contributed by atoms with van der Waals surface area (Å²) in [6.45, 7) is 3.54. The fraction of sp³-hybridized carbons (Fsp3) is 0.660. The third-order valence-electron chi connectivity index (χ3n) is 9.16. The molecule has 0 spiro atoms. The molecule has 1 aliphatic heterocycles. The van der Waals surface area contributed by atoms with Gasteiger partial charge in [0, 0.05) is 19.4 Å². The van der Waals surface area contributed by atoms with Gasteiger partial charge in [0.25, 0.3) is 0 Å². The van der Waals surface area contributed by atoms with Crippen molar-refractivity contribution >= 4 is 19.8 Å². The van der Waals surface area contributed by atoms with Crippen molar-refractivity contribution in [1.82, 2.24) is 0 Å². The molecule has 0 aromatic rings. The summed E-state index contributed by atoms with van der Waals surface area (Å²) in [5.74, 6) is -0.945. The highest BCUT2D eigenvalue weighted by molar-refractivity contribution is 7.47. The molecule has 1 saturated heterocycles. The van der Waals surface area contributed by atoms with Crippen molar-refractivity contribution in [3.05, 3.63) is 85.1 Å². The number of hydrogen-bond acceptors (Lipinski definition) is 9. The number of epoxide rings is 1. The summed E-state index contributed by atoms with van der Waals surface area (Å²) >= 11 is 0. The molecule has 11 heteroatoms. The molecule has 0 bridgehead atoms. The molecule has 0 amide bonds. The molecule has 0 aromatic carbocycles. The van der Waals surface area contributed by atoms with Crippen LogP contribution in [0.5, 0.6) is 0 Å². The van der Waals surface area contributed by atoms with Crippen LogP contribution < -0.4 is 5.73 Å². The predicted octanol–water partition coefficient (Wildman–Crippen LogP) is 11.8. The Morgan fingerprint density at radius 3 is 1.62 bits per heavy atom. The van der Waals surface area contributed by atoms with Gasteiger partial charge in [-0.1, -0.05) is 131 Å². The third-order valence-corrected chi connectivity index (χ3v) is 10.1. The average Bonchev–Trinajstić information content (AvgIpc) is 3.97. The second-order valence-electron chi connectivity index (χ2n) is 14.6. The molecule has 330 valence electrons. The molecule has 3 unspecified atom stereocenters. The number of ether oxygens (including phenoxy) is 3. The Labute approximate surface area is 351 Å². The molecule has 1 rings (SSSR count). The van der Waals surface area contributed by atoms with E-state index in [1.165, 1.54) is 44.9 Å². The lowest BCUT2D eigenvalue weighted by atomic mass is 10.1.